The summed E-state index contributed by atoms with van der Waals surface area (Å²) in [7, 11) is 0. The van der Waals surface area contributed by atoms with Gasteiger partial charge in [0.05, 0.1) is 6.54 Å². The minimum absolute atomic E-state index is 0.00302. The average molecular weight is 460 g/mol. The SMILES string of the molecule is CC(C)CC(NC(=O)C(F)(F)CNC(=O)OCC1c2ccccc2-c2ccccc21)C(=O)O. The van der Waals surface area contributed by atoms with Gasteiger partial charge in [0.2, 0.25) is 0 Å². The van der Waals surface area contributed by atoms with E-state index in [2.05, 4.69) is 0 Å². The minimum atomic E-state index is -4.00. The van der Waals surface area contributed by atoms with Crippen molar-refractivity contribution in [2.24, 2.45) is 5.92 Å². The van der Waals surface area contributed by atoms with Gasteiger partial charge >= 0.3 is 18.0 Å². The van der Waals surface area contributed by atoms with Crippen LogP contribution < -0.4 is 10.6 Å². The van der Waals surface area contributed by atoms with Crippen LogP contribution in [0.25, 0.3) is 11.1 Å². The lowest BCUT2D eigenvalue weighted by atomic mass is 9.98. The zero-order valence-corrected chi connectivity index (χ0v) is 18.3. The molecule has 0 aromatic heterocycles. The second kappa shape index (κ2) is 9.97. The Bertz CT molecular complexity index is 996. The number of hydrogen-bond acceptors (Lipinski definition) is 4. The molecule has 0 saturated carbocycles. The van der Waals surface area contributed by atoms with Gasteiger partial charge in [0.1, 0.15) is 12.6 Å². The van der Waals surface area contributed by atoms with Gasteiger partial charge in [-0.2, -0.15) is 8.78 Å². The fourth-order valence-electron chi connectivity index (χ4n) is 3.87. The zero-order valence-electron chi connectivity index (χ0n) is 18.3. The molecule has 7 nitrogen and oxygen atoms in total. The molecular formula is C24H26F2N2O5. The lowest BCUT2D eigenvalue weighted by Gasteiger charge is -2.21. The number of carboxylic acid groups (broad SMARTS) is 1. The van der Waals surface area contributed by atoms with Crippen molar-refractivity contribution in [2.75, 3.05) is 13.2 Å². The number of hydrogen-bond donors (Lipinski definition) is 3. The highest BCUT2D eigenvalue weighted by Gasteiger charge is 2.41. The van der Waals surface area contributed by atoms with Gasteiger partial charge in [0.15, 0.2) is 0 Å². The lowest BCUT2D eigenvalue weighted by Crippen LogP contribution is -2.53. The normalized spacial score (nSPS) is 13.7. The van der Waals surface area contributed by atoms with Crippen molar-refractivity contribution in [1.29, 1.82) is 0 Å². The van der Waals surface area contributed by atoms with Crippen molar-refractivity contribution in [1.82, 2.24) is 10.6 Å². The van der Waals surface area contributed by atoms with E-state index < -0.39 is 36.5 Å². The molecule has 3 N–H and O–H groups in total. The molecule has 176 valence electrons. The van der Waals surface area contributed by atoms with E-state index in [0.29, 0.717) is 0 Å². The molecule has 0 bridgehead atoms. The van der Waals surface area contributed by atoms with E-state index in [9.17, 15) is 23.2 Å². The number of alkyl carbamates (subject to hydrolysis) is 1. The summed E-state index contributed by atoms with van der Waals surface area (Å²) in [6, 6.07) is 13.9. The minimum Gasteiger partial charge on any atom is -0.480 e. The van der Waals surface area contributed by atoms with Crippen molar-refractivity contribution < 1.29 is 33.0 Å². The number of benzene rings is 2. The van der Waals surface area contributed by atoms with Crippen molar-refractivity contribution in [3.8, 4) is 11.1 Å². The van der Waals surface area contributed by atoms with Crippen LogP contribution in [0.4, 0.5) is 13.6 Å². The second-order valence-corrected chi connectivity index (χ2v) is 8.38. The van der Waals surface area contributed by atoms with Crippen LogP contribution in [-0.4, -0.2) is 48.2 Å². The number of halogens is 2. The number of aliphatic carboxylic acids is 1. The lowest BCUT2D eigenvalue weighted by molar-refractivity contribution is -0.151. The van der Waals surface area contributed by atoms with Crippen molar-refractivity contribution in [2.45, 2.75) is 38.2 Å². The summed E-state index contributed by atoms with van der Waals surface area (Å²) in [4.78, 5) is 35.2. The molecule has 0 heterocycles. The van der Waals surface area contributed by atoms with Crippen LogP contribution in [0.5, 0.6) is 0 Å². The highest BCUT2D eigenvalue weighted by molar-refractivity contribution is 5.88. The number of alkyl halides is 2. The molecule has 33 heavy (non-hydrogen) atoms. The maximum absolute atomic E-state index is 14.2. The van der Waals surface area contributed by atoms with Crippen LogP contribution in [0.15, 0.2) is 48.5 Å². The molecule has 3 rings (SSSR count). The van der Waals surface area contributed by atoms with Gasteiger partial charge in [-0.05, 0) is 34.6 Å². The third-order valence-corrected chi connectivity index (χ3v) is 5.44. The number of fused-ring (bicyclic) bond motifs is 3. The Morgan fingerprint density at radius 2 is 1.58 bits per heavy atom. The van der Waals surface area contributed by atoms with Gasteiger partial charge in [0, 0.05) is 5.92 Å². The summed E-state index contributed by atoms with van der Waals surface area (Å²) in [5.74, 6) is -7.54. The number of ether oxygens (including phenoxy) is 1. The monoisotopic (exact) mass is 460 g/mol. The van der Waals surface area contributed by atoms with Crippen molar-refractivity contribution >= 4 is 18.0 Å². The Morgan fingerprint density at radius 3 is 2.09 bits per heavy atom. The molecule has 9 heteroatoms. The van der Waals surface area contributed by atoms with Crippen LogP contribution in [0.3, 0.4) is 0 Å². The third kappa shape index (κ3) is 5.66. The molecule has 1 aliphatic carbocycles. The average Bonchev–Trinajstić information content (AvgIpc) is 3.09. The zero-order chi connectivity index (χ0) is 24.2. The van der Waals surface area contributed by atoms with Crippen LogP contribution in [0, 0.1) is 5.92 Å². The molecule has 1 atom stereocenters. The molecule has 2 aromatic rings. The summed E-state index contributed by atoms with van der Waals surface area (Å²) >= 11 is 0. The number of carbonyl (C=O) groups is 3. The van der Waals surface area contributed by atoms with Gasteiger partial charge in [-0.15, -0.1) is 0 Å². The van der Waals surface area contributed by atoms with Crippen LogP contribution in [0.2, 0.25) is 0 Å². The van der Waals surface area contributed by atoms with Crippen LogP contribution in [-0.2, 0) is 14.3 Å². The molecule has 1 unspecified atom stereocenters. The van der Waals surface area contributed by atoms with E-state index in [1.807, 2.05) is 59.2 Å². The maximum atomic E-state index is 14.2. The predicted octanol–water partition coefficient (Wildman–Crippen LogP) is 3.78. The number of amides is 2. The van der Waals surface area contributed by atoms with Crippen molar-refractivity contribution in [3.63, 3.8) is 0 Å². The first kappa shape index (κ1) is 24.2. The smallest absolute Gasteiger partial charge is 0.407 e. The topological polar surface area (TPSA) is 105 Å². The van der Waals surface area contributed by atoms with Gasteiger partial charge in [-0.3, -0.25) is 4.79 Å². The summed E-state index contributed by atoms with van der Waals surface area (Å²) < 4.78 is 33.6. The van der Waals surface area contributed by atoms with E-state index in [4.69, 9.17) is 9.84 Å². The number of nitrogens with one attached hydrogen (secondary N) is 2. The van der Waals surface area contributed by atoms with E-state index in [1.54, 1.807) is 13.8 Å². The third-order valence-electron chi connectivity index (χ3n) is 5.44. The molecule has 1 aliphatic rings. The molecule has 2 amide bonds. The maximum Gasteiger partial charge on any atom is 0.407 e. The first-order valence-electron chi connectivity index (χ1n) is 10.6. The van der Waals surface area contributed by atoms with Gasteiger partial charge < -0.3 is 20.5 Å². The van der Waals surface area contributed by atoms with E-state index in [0.717, 1.165) is 22.3 Å². The van der Waals surface area contributed by atoms with Crippen LogP contribution >= 0.6 is 0 Å². The Morgan fingerprint density at radius 1 is 1.03 bits per heavy atom. The second-order valence-electron chi connectivity index (χ2n) is 8.38. The first-order valence-corrected chi connectivity index (χ1v) is 10.6. The van der Waals surface area contributed by atoms with E-state index in [1.165, 1.54) is 0 Å². The Labute approximate surface area is 190 Å². The predicted molar refractivity (Wildman–Crippen MR) is 117 cm³/mol. The van der Waals surface area contributed by atoms with Gasteiger partial charge in [0.25, 0.3) is 5.91 Å². The molecule has 0 saturated heterocycles. The van der Waals surface area contributed by atoms with Crippen molar-refractivity contribution in [3.05, 3.63) is 59.7 Å². The summed E-state index contributed by atoms with van der Waals surface area (Å²) in [6.07, 6.45) is -1.10. The highest BCUT2D eigenvalue weighted by atomic mass is 19.3. The summed E-state index contributed by atoms with van der Waals surface area (Å²) in [6.45, 7) is 2.04. The quantitative estimate of drug-likeness (QED) is 0.528. The molecule has 0 aliphatic heterocycles. The fourth-order valence-corrected chi connectivity index (χ4v) is 3.87. The Kier molecular flexibility index (Phi) is 7.30. The number of rotatable bonds is 9. The van der Waals surface area contributed by atoms with Gasteiger partial charge in [-0.25, -0.2) is 9.59 Å². The molecule has 2 aromatic carbocycles. The van der Waals surface area contributed by atoms with E-state index in [-0.39, 0.29) is 24.9 Å². The standard InChI is InChI=1S/C24H26F2N2O5/c1-14(2)11-20(21(29)30)28-22(31)24(25,26)13-27-23(32)33-12-19-17-9-5-3-7-15(17)16-8-4-6-10-18(16)19/h3-10,14,19-20H,11-13H2,1-2H3,(H,27,32)(H,28,31)(H,29,30). The van der Waals surface area contributed by atoms with Crippen LogP contribution in [0.1, 0.15) is 37.3 Å². The summed E-state index contributed by atoms with van der Waals surface area (Å²) in [5, 5.41) is 12.8. The molecular weight excluding hydrogens is 434 g/mol. The fraction of sp³-hybridized carbons (Fsp3) is 0.375. The summed E-state index contributed by atoms with van der Waals surface area (Å²) in [5.41, 5.74) is 4.00. The Hall–Kier alpha value is -3.49. The van der Waals surface area contributed by atoms with E-state index >= 15 is 0 Å². The molecule has 0 radical (unpaired) electrons. The number of carbonyl (C=O) groups excluding carboxylic acids is 2. The molecule has 0 fully saturated rings. The first-order chi connectivity index (χ1) is 15.6. The van der Waals surface area contributed by atoms with Gasteiger partial charge in [-0.1, -0.05) is 62.4 Å². The largest absolute Gasteiger partial charge is 0.480 e. The molecule has 0 spiro atoms. The number of carboxylic acids is 1. The highest BCUT2D eigenvalue weighted by Crippen LogP contribution is 2.44. The Balaban J connectivity index is 1.56.